The Balaban J connectivity index is 0.00000261. The molecular weight excluding hydrogens is 381 g/mol. The zero-order valence-corrected chi connectivity index (χ0v) is 15.1. The molecule has 27 heavy (non-hydrogen) atoms. The van der Waals surface area contributed by atoms with Gasteiger partial charge < -0.3 is 15.4 Å². The Kier molecular flexibility index (Phi) is 7.10. The van der Waals surface area contributed by atoms with Gasteiger partial charge in [0.15, 0.2) is 0 Å². The second-order valence-corrected chi connectivity index (χ2v) is 6.26. The highest BCUT2D eigenvalue weighted by atomic mass is 35.5. The molecule has 0 radical (unpaired) electrons. The molecule has 2 N–H and O–H groups in total. The number of anilines is 1. The zero-order valence-electron chi connectivity index (χ0n) is 14.3. The Morgan fingerprint density at radius 1 is 1.04 bits per heavy atom. The SMILES string of the molecule is Cl.O=C(Nc1ccc(OC(F)(F)F)cc1)[C@H]1CNC[C@H](c2ccccc2)C1. The van der Waals surface area contributed by atoms with Gasteiger partial charge in [-0.3, -0.25) is 4.79 Å². The van der Waals surface area contributed by atoms with Crippen LogP contribution in [-0.4, -0.2) is 25.4 Å². The van der Waals surface area contributed by atoms with Gasteiger partial charge in [-0.2, -0.15) is 0 Å². The lowest BCUT2D eigenvalue weighted by Gasteiger charge is -2.29. The lowest BCUT2D eigenvalue weighted by molar-refractivity contribution is -0.274. The van der Waals surface area contributed by atoms with E-state index in [-0.39, 0.29) is 35.9 Å². The summed E-state index contributed by atoms with van der Waals surface area (Å²) in [4.78, 5) is 12.5. The fraction of sp³-hybridized carbons (Fsp3) is 0.316. The molecule has 0 aliphatic carbocycles. The number of benzene rings is 2. The number of hydrogen-bond donors (Lipinski definition) is 2. The molecule has 0 saturated carbocycles. The van der Waals surface area contributed by atoms with Crippen LogP contribution in [-0.2, 0) is 4.79 Å². The Morgan fingerprint density at radius 3 is 2.33 bits per heavy atom. The van der Waals surface area contributed by atoms with Gasteiger partial charge in [-0.25, -0.2) is 0 Å². The average Bonchev–Trinajstić information content (AvgIpc) is 2.63. The van der Waals surface area contributed by atoms with Crippen molar-refractivity contribution in [1.29, 1.82) is 0 Å². The van der Waals surface area contributed by atoms with Crippen LogP contribution in [0.3, 0.4) is 0 Å². The number of halogens is 4. The number of ether oxygens (including phenoxy) is 1. The normalized spacial score (nSPS) is 19.7. The third-order valence-corrected chi connectivity index (χ3v) is 4.35. The van der Waals surface area contributed by atoms with Crippen molar-refractivity contribution in [2.75, 3.05) is 18.4 Å². The molecule has 3 rings (SSSR count). The van der Waals surface area contributed by atoms with E-state index in [0.717, 1.165) is 13.0 Å². The van der Waals surface area contributed by atoms with Crippen LogP contribution in [0.15, 0.2) is 54.6 Å². The number of piperidine rings is 1. The third kappa shape index (κ3) is 6.15. The summed E-state index contributed by atoms with van der Waals surface area (Å²) in [5.74, 6) is -0.426. The second kappa shape index (κ2) is 9.10. The third-order valence-electron chi connectivity index (χ3n) is 4.35. The summed E-state index contributed by atoms with van der Waals surface area (Å²) in [5.41, 5.74) is 1.62. The highest BCUT2D eigenvalue weighted by molar-refractivity contribution is 5.92. The fourth-order valence-corrected chi connectivity index (χ4v) is 3.11. The number of carbonyl (C=O) groups is 1. The maximum Gasteiger partial charge on any atom is 0.573 e. The van der Waals surface area contributed by atoms with Crippen LogP contribution in [0.5, 0.6) is 5.75 Å². The van der Waals surface area contributed by atoms with Gasteiger partial charge >= 0.3 is 6.36 Å². The average molecular weight is 401 g/mol. The summed E-state index contributed by atoms with van der Waals surface area (Å²) >= 11 is 0. The summed E-state index contributed by atoms with van der Waals surface area (Å²) in [6.07, 6.45) is -4.01. The molecule has 1 aliphatic rings. The highest BCUT2D eigenvalue weighted by Gasteiger charge is 2.31. The van der Waals surface area contributed by atoms with E-state index in [4.69, 9.17) is 0 Å². The topological polar surface area (TPSA) is 50.4 Å². The summed E-state index contributed by atoms with van der Waals surface area (Å²) in [6, 6.07) is 15.1. The standard InChI is InChI=1S/C19H19F3N2O2.ClH/c20-19(21,22)26-17-8-6-16(7-9-17)24-18(25)15-10-14(11-23-12-15)13-4-2-1-3-5-13;/h1-9,14-15,23H,10-12H2,(H,24,25);1H/t14-,15-;/m1./s1. The maximum absolute atomic E-state index is 12.5. The van der Waals surface area contributed by atoms with E-state index in [0.29, 0.717) is 12.2 Å². The van der Waals surface area contributed by atoms with E-state index in [1.165, 1.54) is 29.8 Å². The fourth-order valence-electron chi connectivity index (χ4n) is 3.11. The minimum absolute atomic E-state index is 0. The molecule has 146 valence electrons. The molecule has 0 spiro atoms. The van der Waals surface area contributed by atoms with E-state index in [1.807, 2.05) is 30.3 Å². The largest absolute Gasteiger partial charge is 0.573 e. The van der Waals surface area contributed by atoms with Crippen molar-refractivity contribution in [2.24, 2.45) is 5.92 Å². The van der Waals surface area contributed by atoms with Crippen molar-refractivity contribution < 1.29 is 22.7 Å². The van der Waals surface area contributed by atoms with Gasteiger partial charge in [0.25, 0.3) is 0 Å². The molecule has 0 aromatic heterocycles. The minimum atomic E-state index is -4.73. The molecule has 1 heterocycles. The predicted octanol–water partition coefficient (Wildman–Crippen LogP) is 4.34. The Hall–Kier alpha value is -2.25. The van der Waals surface area contributed by atoms with Crippen LogP contribution < -0.4 is 15.4 Å². The van der Waals surface area contributed by atoms with Crippen LogP contribution in [0, 0.1) is 5.92 Å². The first-order valence-corrected chi connectivity index (χ1v) is 8.33. The number of amides is 1. The number of hydrogen-bond acceptors (Lipinski definition) is 3. The smallest absolute Gasteiger partial charge is 0.406 e. The quantitative estimate of drug-likeness (QED) is 0.802. The van der Waals surface area contributed by atoms with Crippen LogP contribution in [0.1, 0.15) is 17.9 Å². The van der Waals surface area contributed by atoms with Crippen molar-refractivity contribution in [3.8, 4) is 5.75 Å². The second-order valence-electron chi connectivity index (χ2n) is 6.26. The first-order valence-electron chi connectivity index (χ1n) is 8.33. The van der Waals surface area contributed by atoms with E-state index < -0.39 is 6.36 Å². The first-order chi connectivity index (χ1) is 12.4. The first kappa shape index (κ1) is 21.1. The van der Waals surface area contributed by atoms with E-state index in [9.17, 15) is 18.0 Å². The summed E-state index contributed by atoms with van der Waals surface area (Å²) in [6.45, 7) is 1.39. The summed E-state index contributed by atoms with van der Waals surface area (Å²) in [5, 5.41) is 6.04. The van der Waals surface area contributed by atoms with Crippen LogP contribution in [0.2, 0.25) is 0 Å². The molecule has 2 atom stereocenters. The molecule has 4 nitrogen and oxygen atoms in total. The molecule has 8 heteroatoms. The highest BCUT2D eigenvalue weighted by Crippen LogP contribution is 2.28. The van der Waals surface area contributed by atoms with Gasteiger partial charge in [-0.05, 0) is 42.2 Å². The predicted molar refractivity (Wildman–Crippen MR) is 99.2 cm³/mol. The van der Waals surface area contributed by atoms with Gasteiger partial charge in [0, 0.05) is 18.8 Å². The van der Waals surface area contributed by atoms with Crippen molar-refractivity contribution in [1.82, 2.24) is 5.32 Å². The molecule has 0 bridgehead atoms. The lowest BCUT2D eigenvalue weighted by atomic mass is 9.85. The van der Waals surface area contributed by atoms with E-state index in [2.05, 4.69) is 15.4 Å². The van der Waals surface area contributed by atoms with Crippen LogP contribution in [0.25, 0.3) is 0 Å². The summed E-state index contributed by atoms with van der Waals surface area (Å²) in [7, 11) is 0. The molecule has 1 fully saturated rings. The maximum atomic E-state index is 12.5. The van der Waals surface area contributed by atoms with Crippen LogP contribution >= 0.6 is 12.4 Å². The van der Waals surface area contributed by atoms with Crippen molar-refractivity contribution >= 4 is 24.0 Å². The van der Waals surface area contributed by atoms with Gasteiger partial charge in [0.2, 0.25) is 5.91 Å². The number of alkyl halides is 3. The molecule has 1 amide bonds. The Labute approximate surface area is 161 Å². The molecule has 2 aromatic rings. The molecule has 2 aromatic carbocycles. The minimum Gasteiger partial charge on any atom is -0.406 e. The molecular formula is C19H20ClF3N2O2. The lowest BCUT2D eigenvalue weighted by Crippen LogP contribution is -2.40. The van der Waals surface area contributed by atoms with Crippen molar-refractivity contribution in [3.63, 3.8) is 0 Å². The molecule has 0 unspecified atom stereocenters. The molecule has 1 saturated heterocycles. The van der Waals surface area contributed by atoms with Crippen molar-refractivity contribution in [2.45, 2.75) is 18.7 Å². The Morgan fingerprint density at radius 2 is 1.70 bits per heavy atom. The Bertz CT molecular complexity index is 739. The van der Waals surface area contributed by atoms with Gasteiger partial charge in [-0.1, -0.05) is 30.3 Å². The molecule has 1 aliphatic heterocycles. The number of carbonyl (C=O) groups excluding carboxylic acids is 1. The van der Waals surface area contributed by atoms with Gasteiger partial charge in [0.1, 0.15) is 5.75 Å². The monoisotopic (exact) mass is 400 g/mol. The van der Waals surface area contributed by atoms with Gasteiger partial charge in [-0.15, -0.1) is 25.6 Å². The zero-order chi connectivity index (χ0) is 18.6. The van der Waals surface area contributed by atoms with Crippen LogP contribution in [0.4, 0.5) is 18.9 Å². The van der Waals surface area contributed by atoms with E-state index >= 15 is 0 Å². The number of nitrogens with one attached hydrogen (secondary N) is 2. The number of rotatable bonds is 4. The van der Waals surface area contributed by atoms with Gasteiger partial charge in [0.05, 0.1) is 5.92 Å². The summed E-state index contributed by atoms with van der Waals surface area (Å²) < 4.78 is 40.3. The van der Waals surface area contributed by atoms with Crippen molar-refractivity contribution in [3.05, 3.63) is 60.2 Å². The van der Waals surface area contributed by atoms with E-state index in [1.54, 1.807) is 0 Å².